The van der Waals surface area contributed by atoms with Crippen molar-refractivity contribution in [3.63, 3.8) is 0 Å². The summed E-state index contributed by atoms with van der Waals surface area (Å²) in [6.45, 7) is 5.84. The van der Waals surface area contributed by atoms with Crippen molar-refractivity contribution in [3.8, 4) is 0 Å². The average molecular weight is 335 g/mol. The second kappa shape index (κ2) is 5.88. The fraction of sp³-hybridized carbons (Fsp3) is 0.235. The second-order valence-corrected chi connectivity index (χ2v) is 6.03. The van der Waals surface area contributed by atoms with Gasteiger partial charge in [-0.2, -0.15) is 0 Å². The van der Waals surface area contributed by atoms with E-state index in [2.05, 4.69) is 15.9 Å². The first-order chi connectivity index (χ1) is 9.38. The van der Waals surface area contributed by atoms with Crippen LogP contribution >= 0.6 is 15.9 Å². The smallest absolute Gasteiger partial charge is 0.167 e. The van der Waals surface area contributed by atoms with E-state index in [1.165, 1.54) is 6.07 Å². The number of hydrogen-bond acceptors (Lipinski definition) is 1. The van der Waals surface area contributed by atoms with Gasteiger partial charge in [0.2, 0.25) is 0 Å². The molecule has 2 aromatic rings. The Labute approximate surface area is 127 Å². The number of ketones is 1. The average Bonchev–Trinajstić information content (AvgIpc) is 2.32. The summed E-state index contributed by atoms with van der Waals surface area (Å²) < 4.78 is 14.5. The fourth-order valence-corrected chi connectivity index (χ4v) is 2.97. The molecule has 0 saturated heterocycles. The van der Waals surface area contributed by atoms with Crippen molar-refractivity contribution in [3.05, 3.63) is 68.4 Å². The maximum absolute atomic E-state index is 13.7. The van der Waals surface area contributed by atoms with E-state index in [1.54, 1.807) is 12.1 Å². The van der Waals surface area contributed by atoms with E-state index < -0.39 is 0 Å². The zero-order valence-electron chi connectivity index (χ0n) is 11.8. The Morgan fingerprint density at radius 3 is 2.30 bits per heavy atom. The molecule has 0 heterocycles. The van der Waals surface area contributed by atoms with Crippen molar-refractivity contribution >= 4 is 21.7 Å². The first kappa shape index (κ1) is 14.9. The summed E-state index contributed by atoms with van der Waals surface area (Å²) in [5.74, 6) is -0.388. The lowest BCUT2D eigenvalue weighted by molar-refractivity contribution is 0.0990. The number of Topliss-reactive ketones (excluding diaryl/α,β-unsaturated/α-hetero) is 1. The molecule has 2 aromatic carbocycles. The summed E-state index contributed by atoms with van der Waals surface area (Å²) in [5.41, 5.74) is 4.15. The van der Waals surface area contributed by atoms with E-state index in [9.17, 15) is 9.18 Å². The van der Waals surface area contributed by atoms with Gasteiger partial charge in [0.1, 0.15) is 5.82 Å². The van der Waals surface area contributed by atoms with Gasteiger partial charge in [0.25, 0.3) is 0 Å². The molecule has 2 rings (SSSR count). The van der Waals surface area contributed by atoms with Gasteiger partial charge in [0.15, 0.2) is 5.78 Å². The van der Waals surface area contributed by atoms with E-state index in [0.29, 0.717) is 11.1 Å². The van der Waals surface area contributed by atoms with Gasteiger partial charge in [-0.15, -0.1) is 0 Å². The number of aryl methyl sites for hydroxylation is 3. The molecule has 0 atom stereocenters. The first-order valence-electron chi connectivity index (χ1n) is 6.43. The topological polar surface area (TPSA) is 17.1 Å². The third-order valence-corrected chi connectivity index (χ3v) is 3.81. The largest absolute Gasteiger partial charge is 0.294 e. The minimum atomic E-state index is -0.344. The highest BCUT2D eigenvalue weighted by molar-refractivity contribution is 9.10. The highest BCUT2D eigenvalue weighted by Crippen LogP contribution is 2.21. The predicted molar refractivity (Wildman–Crippen MR) is 82.8 cm³/mol. The van der Waals surface area contributed by atoms with Gasteiger partial charge in [0, 0.05) is 16.5 Å². The molecule has 0 aliphatic heterocycles. The van der Waals surface area contributed by atoms with Crippen molar-refractivity contribution in [1.82, 2.24) is 0 Å². The number of carbonyl (C=O) groups is 1. The number of rotatable bonds is 3. The Morgan fingerprint density at radius 1 is 1.10 bits per heavy atom. The van der Waals surface area contributed by atoms with Crippen LogP contribution in [0.1, 0.15) is 32.6 Å². The molecule has 104 valence electrons. The van der Waals surface area contributed by atoms with Crippen LogP contribution in [0.4, 0.5) is 4.39 Å². The molecule has 0 bridgehead atoms. The molecular weight excluding hydrogens is 319 g/mol. The van der Waals surface area contributed by atoms with Crippen LogP contribution in [0.2, 0.25) is 0 Å². The van der Waals surface area contributed by atoms with Gasteiger partial charge in [-0.05, 0) is 55.7 Å². The van der Waals surface area contributed by atoms with Crippen LogP contribution in [0.3, 0.4) is 0 Å². The fourth-order valence-electron chi connectivity index (χ4n) is 2.56. The Kier molecular flexibility index (Phi) is 4.39. The summed E-state index contributed by atoms with van der Waals surface area (Å²) in [4.78, 5) is 12.4. The standard InChI is InChI=1S/C17H16BrFO/c1-10-6-11(2)17(12(3)7-10)16(20)9-13-8-14(18)4-5-15(13)19/h4-8H,9H2,1-3H3. The van der Waals surface area contributed by atoms with E-state index in [-0.39, 0.29) is 18.0 Å². The van der Waals surface area contributed by atoms with Gasteiger partial charge in [-0.1, -0.05) is 33.6 Å². The molecule has 0 spiro atoms. The minimum Gasteiger partial charge on any atom is -0.294 e. The summed E-state index contributed by atoms with van der Waals surface area (Å²) in [5, 5.41) is 0. The molecule has 0 aromatic heterocycles. The lowest BCUT2D eigenvalue weighted by atomic mass is 9.93. The van der Waals surface area contributed by atoms with Crippen molar-refractivity contribution in [2.24, 2.45) is 0 Å². The Hall–Kier alpha value is -1.48. The van der Waals surface area contributed by atoms with Gasteiger partial charge >= 0.3 is 0 Å². The van der Waals surface area contributed by atoms with Gasteiger partial charge in [0.05, 0.1) is 0 Å². The van der Waals surface area contributed by atoms with Crippen LogP contribution < -0.4 is 0 Å². The summed E-state index contributed by atoms with van der Waals surface area (Å²) in [7, 11) is 0. The third kappa shape index (κ3) is 3.15. The predicted octanol–water partition coefficient (Wildman–Crippen LogP) is 4.94. The normalized spacial score (nSPS) is 10.7. The SMILES string of the molecule is Cc1cc(C)c(C(=O)Cc2cc(Br)ccc2F)c(C)c1. The zero-order chi connectivity index (χ0) is 14.9. The Morgan fingerprint density at radius 2 is 1.70 bits per heavy atom. The Balaban J connectivity index is 2.36. The molecule has 0 radical (unpaired) electrons. The molecule has 0 fully saturated rings. The van der Waals surface area contributed by atoms with Crippen LogP contribution in [0.25, 0.3) is 0 Å². The number of carbonyl (C=O) groups excluding carboxylic acids is 1. The molecule has 0 aliphatic rings. The molecular formula is C17H16BrFO. The quantitative estimate of drug-likeness (QED) is 0.726. The van der Waals surface area contributed by atoms with E-state index in [1.807, 2.05) is 32.9 Å². The lowest BCUT2D eigenvalue weighted by Gasteiger charge is -2.11. The van der Waals surface area contributed by atoms with Gasteiger partial charge < -0.3 is 0 Å². The van der Waals surface area contributed by atoms with Crippen LogP contribution in [-0.4, -0.2) is 5.78 Å². The highest BCUT2D eigenvalue weighted by atomic mass is 79.9. The second-order valence-electron chi connectivity index (χ2n) is 5.11. The first-order valence-corrected chi connectivity index (χ1v) is 7.22. The van der Waals surface area contributed by atoms with E-state index >= 15 is 0 Å². The maximum atomic E-state index is 13.7. The van der Waals surface area contributed by atoms with Crippen molar-refractivity contribution in [1.29, 1.82) is 0 Å². The molecule has 3 heteroatoms. The maximum Gasteiger partial charge on any atom is 0.167 e. The van der Waals surface area contributed by atoms with Crippen molar-refractivity contribution in [2.45, 2.75) is 27.2 Å². The number of halogens is 2. The number of hydrogen-bond donors (Lipinski definition) is 0. The van der Waals surface area contributed by atoms with Crippen LogP contribution in [-0.2, 0) is 6.42 Å². The van der Waals surface area contributed by atoms with Crippen LogP contribution in [0.5, 0.6) is 0 Å². The highest BCUT2D eigenvalue weighted by Gasteiger charge is 2.15. The van der Waals surface area contributed by atoms with Gasteiger partial charge in [-0.25, -0.2) is 4.39 Å². The minimum absolute atomic E-state index is 0.0444. The van der Waals surface area contributed by atoms with Crippen LogP contribution in [0.15, 0.2) is 34.8 Å². The molecule has 0 amide bonds. The van der Waals surface area contributed by atoms with E-state index in [4.69, 9.17) is 0 Å². The Bertz CT molecular complexity index is 654. The lowest BCUT2D eigenvalue weighted by Crippen LogP contribution is -2.09. The molecule has 0 aliphatic carbocycles. The van der Waals surface area contributed by atoms with Gasteiger partial charge in [-0.3, -0.25) is 4.79 Å². The molecule has 0 saturated carbocycles. The summed E-state index contributed by atoms with van der Waals surface area (Å²) in [6, 6.07) is 8.63. The van der Waals surface area contributed by atoms with Crippen molar-refractivity contribution < 1.29 is 9.18 Å². The summed E-state index contributed by atoms with van der Waals surface area (Å²) in [6.07, 6.45) is 0.0794. The summed E-state index contributed by atoms with van der Waals surface area (Å²) >= 11 is 3.30. The third-order valence-electron chi connectivity index (χ3n) is 3.31. The number of benzene rings is 2. The molecule has 1 nitrogen and oxygen atoms in total. The van der Waals surface area contributed by atoms with Crippen LogP contribution in [0, 0.1) is 26.6 Å². The molecule has 20 heavy (non-hydrogen) atoms. The monoisotopic (exact) mass is 334 g/mol. The zero-order valence-corrected chi connectivity index (χ0v) is 13.3. The van der Waals surface area contributed by atoms with E-state index in [0.717, 1.165) is 21.2 Å². The molecule has 0 N–H and O–H groups in total. The molecule has 0 unspecified atom stereocenters. The van der Waals surface area contributed by atoms with Crippen molar-refractivity contribution in [2.75, 3.05) is 0 Å².